The van der Waals surface area contributed by atoms with Crippen LogP contribution in [0.3, 0.4) is 0 Å². The third-order valence-corrected chi connectivity index (χ3v) is 4.28. The Morgan fingerprint density at radius 2 is 1.70 bits per heavy atom. The summed E-state index contributed by atoms with van der Waals surface area (Å²) < 4.78 is 26.3. The standard InChI is InChI=1S/C16H16N2O4S/c19-18(20)16-10-8-15(9-11-16)13-17-23(21,22)12-4-7-14-5-2-1-3-6-14/h1-11,17H,12-13H2/b7-4+. The first kappa shape index (κ1) is 16.9. The predicted molar refractivity (Wildman–Crippen MR) is 89.2 cm³/mol. The monoisotopic (exact) mass is 332 g/mol. The maximum Gasteiger partial charge on any atom is 0.269 e. The Bertz CT molecular complexity index is 785. The molecule has 2 aromatic carbocycles. The van der Waals surface area contributed by atoms with E-state index in [0.717, 1.165) is 5.56 Å². The Hall–Kier alpha value is -2.51. The smallest absolute Gasteiger partial charge is 0.258 e. The Balaban J connectivity index is 1.88. The first-order chi connectivity index (χ1) is 11.0. The van der Waals surface area contributed by atoms with E-state index in [-0.39, 0.29) is 18.0 Å². The van der Waals surface area contributed by atoms with Crippen LogP contribution >= 0.6 is 0 Å². The van der Waals surface area contributed by atoms with Crippen molar-refractivity contribution in [2.75, 3.05) is 5.75 Å². The quantitative estimate of drug-likeness (QED) is 0.623. The normalized spacial score (nSPS) is 11.7. The van der Waals surface area contributed by atoms with Crippen LogP contribution in [-0.4, -0.2) is 19.1 Å². The van der Waals surface area contributed by atoms with Gasteiger partial charge in [-0.15, -0.1) is 0 Å². The van der Waals surface area contributed by atoms with Crippen LogP contribution < -0.4 is 4.72 Å². The first-order valence-corrected chi connectivity index (χ1v) is 8.54. The summed E-state index contributed by atoms with van der Waals surface area (Å²) in [5.41, 5.74) is 1.56. The summed E-state index contributed by atoms with van der Waals surface area (Å²) in [6, 6.07) is 15.2. The summed E-state index contributed by atoms with van der Waals surface area (Å²) in [7, 11) is -3.45. The molecule has 2 rings (SSSR count). The molecule has 0 saturated carbocycles. The highest BCUT2D eigenvalue weighted by molar-refractivity contribution is 7.89. The minimum atomic E-state index is -3.45. The number of rotatable bonds is 7. The highest BCUT2D eigenvalue weighted by atomic mass is 32.2. The van der Waals surface area contributed by atoms with Gasteiger partial charge in [0.05, 0.1) is 10.7 Å². The molecule has 0 heterocycles. The number of non-ortho nitro benzene ring substituents is 1. The molecule has 0 aliphatic heterocycles. The van der Waals surface area contributed by atoms with E-state index in [2.05, 4.69) is 4.72 Å². The first-order valence-electron chi connectivity index (χ1n) is 6.88. The van der Waals surface area contributed by atoms with Gasteiger partial charge in [-0.1, -0.05) is 54.6 Å². The van der Waals surface area contributed by atoms with Crippen molar-refractivity contribution in [3.05, 3.63) is 81.9 Å². The molecule has 2 aromatic rings. The molecule has 0 bridgehead atoms. The lowest BCUT2D eigenvalue weighted by Crippen LogP contribution is -2.25. The molecule has 7 heteroatoms. The van der Waals surface area contributed by atoms with Gasteiger partial charge in [0.2, 0.25) is 10.0 Å². The number of sulfonamides is 1. The second kappa shape index (κ2) is 7.66. The van der Waals surface area contributed by atoms with Gasteiger partial charge in [-0.3, -0.25) is 10.1 Å². The molecule has 120 valence electrons. The number of nitrogens with zero attached hydrogens (tertiary/aromatic N) is 1. The number of hydrogen-bond donors (Lipinski definition) is 1. The van der Waals surface area contributed by atoms with Gasteiger partial charge < -0.3 is 0 Å². The van der Waals surface area contributed by atoms with Crippen molar-refractivity contribution in [2.24, 2.45) is 0 Å². The van der Waals surface area contributed by atoms with Crippen LogP contribution in [0.1, 0.15) is 11.1 Å². The molecular formula is C16H16N2O4S. The molecule has 0 aliphatic carbocycles. The van der Waals surface area contributed by atoms with E-state index in [9.17, 15) is 18.5 Å². The third-order valence-electron chi connectivity index (χ3n) is 3.07. The Kier molecular flexibility index (Phi) is 5.61. The summed E-state index contributed by atoms with van der Waals surface area (Å²) in [5.74, 6) is -0.130. The summed E-state index contributed by atoms with van der Waals surface area (Å²) in [6.07, 6.45) is 3.32. The lowest BCUT2D eigenvalue weighted by molar-refractivity contribution is -0.384. The zero-order chi connectivity index (χ0) is 16.7. The van der Waals surface area contributed by atoms with Crippen molar-refractivity contribution in [3.63, 3.8) is 0 Å². The lowest BCUT2D eigenvalue weighted by Gasteiger charge is -2.04. The summed E-state index contributed by atoms with van der Waals surface area (Å²) in [5, 5.41) is 10.6. The number of nitro benzene ring substituents is 1. The summed E-state index contributed by atoms with van der Waals surface area (Å²) >= 11 is 0. The number of nitro groups is 1. The fourth-order valence-corrected chi connectivity index (χ4v) is 2.72. The Labute approximate surface area is 134 Å². The van der Waals surface area contributed by atoms with E-state index in [1.807, 2.05) is 30.3 Å². The van der Waals surface area contributed by atoms with Gasteiger partial charge >= 0.3 is 0 Å². The van der Waals surface area contributed by atoms with Crippen molar-refractivity contribution in [1.29, 1.82) is 0 Å². The van der Waals surface area contributed by atoms with Gasteiger partial charge in [-0.2, -0.15) is 0 Å². The van der Waals surface area contributed by atoms with Crippen LogP contribution in [0.15, 0.2) is 60.7 Å². The minimum Gasteiger partial charge on any atom is -0.258 e. The van der Waals surface area contributed by atoms with E-state index in [1.165, 1.54) is 24.3 Å². The van der Waals surface area contributed by atoms with Gasteiger partial charge in [-0.05, 0) is 11.1 Å². The van der Waals surface area contributed by atoms with Gasteiger partial charge in [0.1, 0.15) is 0 Å². The third kappa shape index (κ3) is 5.65. The maximum atomic E-state index is 11.9. The molecule has 0 unspecified atom stereocenters. The molecule has 0 amide bonds. The van der Waals surface area contributed by atoms with E-state index in [1.54, 1.807) is 12.2 Å². The molecule has 0 aromatic heterocycles. The van der Waals surface area contributed by atoms with E-state index < -0.39 is 14.9 Å². The summed E-state index contributed by atoms with van der Waals surface area (Å²) in [4.78, 5) is 10.1. The molecule has 0 radical (unpaired) electrons. The van der Waals surface area contributed by atoms with E-state index >= 15 is 0 Å². The van der Waals surface area contributed by atoms with Gasteiger partial charge in [0, 0.05) is 18.7 Å². The minimum absolute atomic E-state index is 0.0256. The van der Waals surface area contributed by atoms with Crippen molar-refractivity contribution < 1.29 is 13.3 Å². The van der Waals surface area contributed by atoms with Crippen molar-refractivity contribution in [3.8, 4) is 0 Å². The Morgan fingerprint density at radius 3 is 2.30 bits per heavy atom. The largest absolute Gasteiger partial charge is 0.269 e. The van der Waals surface area contributed by atoms with Crippen LogP contribution in [-0.2, 0) is 16.6 Å². The molecule has 0 spiro atoms. The Morgan fingerprint density at radius 1 is 1.04 bits per heavy atom. The molecule has 1 N–H and O–H groups in total. The van der Waals surface area contributed by atoms with Crippen molar-refractivity contribution in [1.82, 2.24) is 4.72 Å². The molecule has 0 atom stereocenters. The average Bonchev–Trinajstić information content (AvgIpc) is 2.54. The topological polar surface area (TPSA) is 89.3 Å². The molecule has 23 heavy (non-hydrogen) atoms. The maximum absolute atomic E-state index is 11.9. The van der Waals surface area contributed by atoms with Gasteiger partial charge in [0.25, 0.3) is 5.69 Å². The second-order valence-electron chi connectivity index (χ2n) is 4.84. The fourth-order valence-electron chi connectivity index (χ4n) is 1.86. The molecule has 0 aliphatic rings. The van der Waals surface area contributed by atoms with Crippen LogP contribution in [0.2, 0.25) is 0 Å². The molecule has 6 nitrogen and oxygen atoms in total. The molecular weight excluding hydrogens is 316 g/mol. The predicted octanol–water partition coefficient (Wildman–Crippen LogP) is 2.73. The fraction of sp³-hybridized carbons (Fsp3) is 0.125. The van der Waals surface area contributed by atoms with Crippen LogP contribution in [0.4, 0.5) is 5.69 Å². The van der Waals surface area contributed by atoms with Crippen LogP contribution in [0, 0.1) is 10.1 Å². The van der Waals surface area contributed by atoms with Crippen molar-refractivity contribution in [2.45, 2.75) is 6.54 Å². The number of benzene rings is 2. The zero-order valence-corrected chi connectivity index (χ0v) is 13.1. The van der Waals surface area contributed by atoms with E-state index in [0.29, 0.717) is 5.56 Å². The highest BCUT2D eigenvalue weighted by Gasteiger charge is 2.09. The zero-order valence-electron chi connectivity index (χ0n) is 12.3. The van der Waals surface area contributed by atoms with Crippen molar-refractivity contribution >= 4 is 21.8 Å². The van der Waals surface area contributed by atoms with Crippen LogP contribution in [0.25, 0.3) is 6.08 Å². The van der Waals surface area contributed by atoms with Gasteiger partial charge in [0.15, 0.2) is 0 Å². The lowest BCUT2D eigenvalue weighted by atomic mass is 10.2. The highest BCUT2D eigenvalue weighted by Crippen LogP contribution is 2.12. The summed E-state index contributed by atoms with van der Waals surface area (Å²) in [6.45, 7) is 0.0967. The SMILES string of the molecule is O=[N+]([O-])c1ccc(CNS(=O)(=O)C/C=C/c2ccccc2)cc1. The second-order valence-corrected chi connectivity index (χ2v) is 6.69. The van der Waals surface area contributed by atoms with E-state index in [4.69, 9.17) is 0 Å². The average molecular weight is 332 g/mol. The van der Waals surface area contributed by atoms with Crippen LogP contribution in [0.5, 0.6) is 0 Å². The van der Waals surface area contributed by atoms with Gasteiger partial charge in [-0.25, -0.2) is 13.1 Å². The number of nitrogens with one attached hydrogen (secondary N) is 1. The molecule has 0 saturated heterocycles. The number of hydrogen-bond acceptors (Lipinski definition) is 4. The molecule has 0 fully saturated rings.